The lowest BCUT2D eigenvalue weighted by Gasteiger charge is -2.33. The number of carbonyl (C=O) groups excluding carboxylic acids is 1. The molecule has 1 aromatic carbocycles. The summed E-state index contributed by atoms with van der Waals surface area (Å²) in [6.07, 6.45) is -2.17. The Labute approximate surface area is 151 Å². The summed E-state index contributed by atoms with van der Waals surface area (Å²) in [5.41, 5.74) is -0.564. The summed E-state index contributed by atoms with van der Waals surface area (Å²) in [4.78, 5) is 24.9. The fraction of sp³-hybridized carbons (Fsp3) is 0.579. The van der Waals surface area contributed by atoms with Crippen LogP contribution < -0.4 is 0 Å². The van der Waals surface area contributed by atoms with Gasteiger partial charge in [-0.1, -0.05) is 25.1 Å². The Morgan fingerprint density at radius 3 is 2.65 bits per heavy atom. The van der Waals surface area contributed by atoms with Crippen LogP contribution in [0.25, 0.3) is 0 Å². The zero-order chi connectivity index (χ0) is 19.3. The van der Waals surface area contributed by atoms with Gasteiger partial charge in [-0.2, -0.15) is 13.2 Å². The van der Waals surface area contributed by atoms with Crippen molar-refractivity contribution in [2.45, 2.75) is 51.1 Å². The molecule has 1 aliphatic heterocycles. The molecule has 1 fully saturated rings. The number of amides is 1. The standard InChI is InChI=1S/C19H24F3NO3/c1-13(15-6-2-3-7-16(15)19(20,21)22)11-17(24)23-10-4-5-14(12-23)8-9-18(25)26/h2-3,6-7,13-14H,4-5,8-12H2,1H3,(H,25,26)/t13-,14+/m1/s1. The lowest BCUT2D eigenvalue weighted by Crippen LogP contribution is -2.40. The number of hydrogen-bond donors (Lipinski definition) is 1. The van der Waals surface area contributed by atoms with Gasteiger partial charge in [0, 0.05) is 25.9 Å². The van der Waals surface area contributed by atoms with Gasteiger partial charge in [-0.15, -0.1) is 0 Å². The van der Waals surface area contributed by atoms with Gasteiger partial charge >= 0.3 is 12.1 Å². The van der Waals surface area contributed by atoms with E-state index >= 15 is 0 Å². The van der Waals surface area contributed by atoms with Gasteiger partial charge in [-0.3, -0.25) is 9.59 Å². The number of likely N-dealkylation sites (tertiary alicyclic amines) is 1. The van der Waals surface area contributed by atoms with E-state index in [2.05, 4.69) is 0 Å². The zero-order valence-electron chi connectivity index (χ0n) is 14.8. The molecule has 0 bridgehead atoms. The van der Waals surface area contributed by atoms with E-state index in [0.717, 1.165) is 18.9 Å². The van der Waals surface area contributed by atoms with Gasteiger partial charge in [0.1, 0.15) is 0 Å². The number of carbonyl (C=O) groups is 2. The first kappa shape index (κ1) is 20.3. The van der Waals surface area contributed by atoms with E-state index in [9.17, 15) is 22.8 Å². The van der Waals surface area contributed by atoms with Crippen LogP contribution in [0, 0.1) is 5.92 Å². The quantitative estimate of drug-likeness (QED) is 0.811. The molecule has 2 rings (SSSR count). The molecule has 1 amide bonds. The van der Waals surface area contributed by atoms with Crippen LogP contribution in [0.1, 0.15) is 56.1 Å². The third-order valence-corrected chi connectivity index (χ3v) is 4.92. The molecular weight excluding hydrogens is 347 g/mol. The van der Waals surface area contributed by atoms with E-state index in [-0.39, 0.29) is 30.2 Å². The molecule has 1 aliphatic rings. The maximum atomic E-state index is 13.2. The molecule has 0 unspecified atom stereocenters. The number of alkyl halides is 3. The van der Waals surface area contributed by atoms with Crippen molar-refractivity contribution in [3.05, 3.63) is 35.4 Å². The molecule has 1 aromatic rings. The van der Waals surface area contributed by atoms with Crippen molar-refractivity contribution in [2.75, 3.05) is 13.1 Å². The van der Waals surface area contributed by atoms with Crippen molar-refractivity contribution in [3.63, 3.8) is 0 Å². The minimum absolute atomic E-state index is 0.0126. The highest BCUT2D eigenvalue weighted by Crippen LogP contribution is 2.36. The number of nitrogens with zero attached hydrogens (tertiary/aromatic N) is 1. The van der Waals surface area contributed by atoms with Crippen LogP contribution in [0.2, 0.25) is 0 Å². The smallest absolute Gasteiger partial charge is 0.416 e. The molecular formula is C19H24F3NO3. The Morgan fingerprint density at radius 2 is 2.00 bits per heavy atom. The first-order valence-electron chi connectivity index (χ1n) is 8.84. The van der Waals surface area contributed by atoms with Gasteiger partial charge in [-0.05, 0) is 42.7 Å². The Balaban J connectivity index is 2.00. The molecule has 7 heteroatoms. The molecule has 0 radical (unpaired) electrons. The monoisotopic (exact) mass is 371 g/mol. The summed E-state index contributed by atoms with van der Waals surface area (Å²) in [6.45, 7) is 2.70. The molecule has 144 valence electrons. The number of benzene rings is 1. The number of carboxylic acid groups (broad SMARTS) is 1. The van der Waals surface area contributed by atoms with E-state index in [4.69, 9.17) is 5.11 Å². The molecule has 4 nitrogen and oxygen atoms in total. The van der Waals surface area contributed by atoms with Crippen LogP contribution in [0.15, 0.2) is 24.3 Å². The van der Waals surface area contributed by atoms with Crippen LogP contribution in [-0.2, 0) is 15.8 Å². The van der Waals surface area contributed by atoms with Crippen LogP contribution in [0.3, 0.4) is 0 Å². The van der Waals surface area contributed by atoms with E-state index in [1.807, 2.05) is 0 Å². The van der Waals surface area contributed by atoms with E-state index in [0.29, 0.717) is 19.5 Å². The van der Waals surface area contributed by atoms with Crippen LogP contribution in [0.5, 0.6) is 0 Å². The SMILES string of the molecule is C[C@H](CC(=O)N1CCC[C@@H](CCC(=O)O)C1)c1ccccc1C(F)(F)F. The summed E-state index contributed by atoms with van der Waals surface area (Å²) in [5, 5.41) is 8.78. The fourth-order valence-electron chi connectivity index (χ4n) is 3.54. The summed E-state index contributed by atoms with van der Waals surface area (Å²) >= 11 is 0. The molecule has 1 N–H and O–H groups in total. The Kier molecular flexibility index (Phi) is 6.67. The van der Waals surface area contributed by atoms with Gasteiger partial charge in [0.05, 0.1) is 5.56 Å². The molecule has 0 aliphatic carbocycles. The molecule has 0 spiro atoms. The first-order valence-corrected chi connectivity index (χ1v) is 8.84. The van der Waals surface area contributed by atoms with Crippen molar-refractivity contribution < 1.29 is 27.9 Å². The van der Waals surface area contributed by atoms with Gasteiger partial charge in [-0.25, -0.2) is 0 Å². The highest BCUT2D eigenvalue weighted by atomic mass is 19.4. The predicted octanol–water partition coefficient (Wildman–Crippen LogP) is 4.30. The summed E-state index contributed by atoms with van der Waals surface area (Å²) in [5.74, 6) is -1.43. The second-order valence-electron chi connectivity index (χ2n) is 6.97. The Morgan fingerprint density at radius 1 is 1.31 bits per heavy atom. The highest BCUT2D eigenvalue weighted by Gasteiger charge is 2.35. The number of rotatable bonds is 6. The number of aliphatic carboxylic acids is 1. The van der Waals surface area contributed by atoms with E-state index < -0.39 is 23.6 Å². The fourth-order valence-corrected chi connectivity index (χ4v) is 3.54. The van der Waals surface area contributed by atoms with Gasteiger partial charge in [0.15, 0.2) is 0 Å². The number of piperidine rings is 1. The van der Waals surface area contributed by atoms with Crippen LogP contribution >= 0.6 is 0 Å². The van der Waals surface area contributed by atoms with Crippen molar-refractivity contribution in [2.24, 2.45) is 5.92 Å². The second-order valence-corrected chi connectivity index (χ2v) is 6.97. The molecule has 0 saturated carbocycles. The minimum Gasteiger partial charge on any atom is -0.481 e. The molecule has 26 heavy (non-hydrogen) atoms. The first-order chi connectivity index (χ1) is 12.2. The topological polar surface area (TPSA) is 57.6 Å². The average molecular weight is 371 g/mol. The molecule has 1 heterocycles. The average Bonchev–Trinajstić information content (AvgIpc) is 2.59. The highest BCUT2D eigenvalue weighted by molar-refractivity contribution is 5.77. The molecule has 1 saturated heterocycles. The number of halogens is 3. The maximum absolute atomic E-state index is 13.2. The summed E-state index contributed by atoms with van der Waals surface area (Å²) in [7, 11) is 0. The normalized spacial score (nSPS) is 19.2. The third-order valence-electron chi connectivity index (χ3n) is 4.92. The molecule has 2 atom stereocenters. The largest absolute Gasteiger partial charge is 0.481 e. The summed E-state index contributed by atoms with van der Waals surface area (Å²) < 4.78 is 39.5. The van der Waals surface area contributed by atoms with Gasteiger partial charge in [0.25, 0.3) is 0 Å². The van der Waals surface area contributed by atoms with Crippen molar-refractivity contribution in [1.29, 1.82) is 0 Å². The van der Waals surface area contributed by atoms with Crippen LogP contribution in [0.4, 0.5) is 13.2 Å². The summed E-state index contributed by atoms with van der Waals surface area (Å²) in [6, 6.07) is 5.36. The van der Waals surface area contributed by atoms with Crippen molar-refractivity contribution in [3.8, 4) is 0 Å². The van der Waals surface area contributed by atoms with Crippen molar-refractivity contribution >= 4 is 11.9 Å². The van der Waals surface area contributed by atoms with Crippen molar-refractivity contribution in [1.82, 2.24) is 4.90 Å². The lowest BCUT2D eigenvalue weighted by molar-refractivity contribution is -0.139. The third kappa shape index (κ3) is 5.47. The second kappa shape index (κ2) is 8.56. The van der Waals surface area contributed by atoms with Gasteiger partial charge < -0.3 is 10.0 Å². The van der Waals surface area contributed by atoms with E-state index in [1.165, 1.54) is 12.1 Å². The van der Waals surface area contributed by atoms with E-state index in [1.54, 1.807) is 17.9 Å². The number of carboxylic acids is 1. The lowest BCUT2D eigenvalue weighted by atomic mass is 9.90. The Hall–Kier alpha value is -2.05. The minimum atomic E-state index is -4.44. The van der Waals surface area contributed by atoms with Crippen LogP contribution in [-0.4, -0.2) is 35.0 Å². The predicted molar refractivity (Wildman–Crippen MR) is 90.6 cm³/mol. The van der Waals surface area contributed by atoms with Gasteiger partial charge in [0.2, 0.25) is 5.91 Å². The number of hydrogen-bond acceptors (Lipinski definition) is 2. The molecule has 0 aromatic heterocycles. The Bertz CT molecular complexity index is 645. The maximum Gasteiger partial charge on any atom is 0.416 e. The zero-order valence-corrected chi connectivity index (χ0v) is 14.8.